The van der Waals surface area contributed by atoms with E-state index in [9.17, 15) is 4.79 Å². The Labute approximate surface area is 125 Å². The molecule has 2 aromatic carbocycles. The minimum atomic E-state index is 0. The van der Waals surface area contributed by atoms with Crippen molar-refractivity contribution < 1.29 is 4.79 Å². The van der Waals surface area contributed by atoms with Crippen LogP contribution in [0.5, 0.6) is 0 Å². The topological polar surface area (TPSA) is 41.1 Å². The molecule has 1 aliphatic rings. The van der Waals surface area contributed by atoms with Crippen LogP contribution in [-0.2, 0) is 4.79 Å². The number of rotatable bonds is 3. The van der Waals surface area contributed by atoms with Crippen molar-refractivity contribution in [2.45, 2.75) is 6.92 Å². The molecule has 0 radical (unpaired) electrons. The summed E-state index contributed by atoms with van der Waals surface area (Å²) >= 11 is 0. The van der Waals surface area contributed by atoms with Crippen LogP contribution in [0, 0.1) is 11.8 Å². The largest absolute Gasteiger partial charge is 0.325 e. The van der Waals surface area contributed by atoms with Crippen molar-refractivity contribution in [3.05, 3.63) is 42.5 Å². The van der Waals surface area contributed by atoms with Crippen molar-refractivity contribution in [1.29, 1.82) is 0 Å². The molecule has 1 aliphatic heterocycles. The average Bonchev–Trinajstić information content (AvgIpc) is 2.37. The number of halogens is 1. The molecule has 0 spiro atoms. The van der Waals surface area contributed by atoms with Crippen molar-refractivity contribution in [2.24, 2.45) is 11.8 Å². The molecule has 2 N–H and O–H groups in total. The maximum absolute atomic E-state index is 12.3. The van der Waals surface area contributed by atoms with Gasteiger partial charge in [-0.15, -0.1) is 12.4 Å². The number of nitrogens with one attached hydrogen (secondary N) is 2. The summed E-state index contributed by atoms with van der Waals surface area (Å²) in [6.45, 7) is 3.90. The van der Waals surface area contributed by atoms with Crippen LogP contribution in [-0.4, -0.2) is 19.0 Å². The maximum atomic E-state index is 12.3. The summed E-state index contributed by atoms with van der Waals surface area (Å²) in [5.41, 5.74) is 0.905. The Morgan fingerprint density at radius 1 is 1.20 bits per heavy atom. The number of carbonyl (C=O) groups excluding carboxylic acids is 1. The van der Waals surface area contributed by atoms with Crippen LogP contribution in [0.25, 0.3) is 10.8 Å². The van der Waals surface area contributed by atoms with E-state index in [1.54, 1.807) is 0 Å². The number of carbonyl (C=O) groups is 1. The third-order valence-corrected chi connectivity index (χ3v) is 3.98. The van der Waals surface area contributed by atoms with E-state index < -0.39 is 0 Å². The number of amides is 1. The predicted molar refractivity (Wildman–Crippen MR) is 85.3 cm³/mol. The van der Waals surface area contributed by atoms with Crippen LogP contribution in [0.3, 0.4) is 0 Å². The molecule has 1 heterocycles. The highest BCUT2D eigenvalue weighted by Crippen LogP contribution is 2.25. The summed E-state index contributed by atoms with van der Waals surface area (Å²) in [4.78, 5) is 12.3. The molecule has 1 fully saturated rings. The molecule has 1 atom stereocenters. The Kier molecular flexibility index (Phi) is 4.63. The van der Waals surface area contributed by atoms with Crippen molar-refractivity contribution in [3.63, 3.8) is 0 Å². The molecule has 4 heteroatoms. The first-order chi connectivity index (χ1) is 9.25. The van der Waals surface area contributed by atoms with Gasteiger partial charge in [-0.25, -0.2) is 0 Å². The van der Waals surface area contributed by atoms with Crippen LogP contribution in [0.4, 0.5) is 5.69 Å². The van der Waals surface area contributed by atoms with Crippen molar-refractivity contribution in [1.82, 2.24) is 5.32 Å². The predicted octanol–water partition coefficient (Wildman–Crippen LogP) is 3.06. The summed E-state index contributed by atoms with van der Waals surface area (Å²) in [6, 6.07) is 14.1. The molecule has 1 saturated heterocycles. The lowest BCUT2D eigenvalue weighted by molar-refractivity contribution is -0.121. The fraction of sp³-hybridized carbons (Fsp3) is 0.312. The third kappa shape index (κ3) is 2.79. The van der Waals surface area contributed by atoms with Crippen LogP contribution in [0.2, 0.25) is 0 Å². The van der Waals surface area contributed by atoms with Gasteiger partial charge in [0.05, 0.1) is 0 Å². The van der Waals surface area contributed by atoms with Gasteiger partial charge in [-0.3, -0.25) is 4.79 Å². The van der Waals surface area contributed by atoms with E-state index in [0.717, 1.165) is 29.5 Å². The molecule has 0 bridgehead atoms. The fourth-order valence-electron chi connectivity index (χ4n) is 2.46. The van der Waals surface area contributed by atoms with Gasteiger partial charge in [0.25, 0.3) is 0 Å². The first-order valence-corrected chi connectivity index (χ1v) is 6.75. The molecular formula is C16H19ClN2O. The summed E-state index contributed by atoms with van der Waals surface area (Å²) in [7, 11) is 0. The van der Waals surface area contributed by atoms with Crippen LogP contribution in [0.15, 0.2) is 42.5 Å². The summed E-state index contributed by atoms with van der Waals surface area (Å²) in [6.07, 6.45) is 0. The number of fused-ring (bicyclic) bond motifs is 1. The van der Waals surface area contributed by atoms with E-state index in [4.69, 9.17) is 0 Å². The highest BCUT2D eigenvalue weighted by molar-refractivity contribution is 6.02. The van der Waals surface area contributed by atoms with Gasteiger partial charge in [0, 0.05) is 17.0 Å². The molecular weight excluding hydrogens is 272 g/mol. The Morgan fingerprint density at radius 3 is 2.60 bits per heavy atom. The third-order valence-electron chi connectivity index (χ3n) is 3.98. The van der Waals surface area contributed by atoms with E-state index in [-0.39, 0.29) is 24.2 Å². The molecule has 3 nitrogen and oxygen atoms in total. The first kappa shape index (κ1) is 14.8. The number of anilines is 1. The first-order valence-electron chi connectivity index (χ1n) is 6.75. The molecule has 3 rings (SSSR count). The van der Waals surface area contributed by atoms with E-state index in [1.165, 1.54) is 0 Å². The Balaban J connectivity index is 0.00000147. The van der Waals surface area contributed by atoms with Crippen LogP contribution in [0.1, 0.15) is 6.92 Å². The molecule has 0 aliphatic carbocycles. The van der Waals surface area contributed by atoms with Gasteiger partial charge >= 0.3 is 0 Å². The lowest BCUT2D eigenvalue weighted by Crippen LogP contribution is -2.48. The highest BCUT2D eigenvalue weighted by atomic mass is 35.5. The van der Waals surface area contributed by atoms with Gasteiger partial charge < -0.3 is 10.6 Å². The molecule has 20 heavy (non-hydrogen) atoms. The maximum Gasteiger partial charge on any atom is 0.227 e. The molecule has 106 valence electrons. The van der Waals surface area contributed by atoms with E-state index >= 15 is 0 Å². The Hall–Kier alpha value is -1.58. The molecule has 1 unspecified atom stereocenters. The highest BCUT2D eigenvalue weighted by Gasteiger charge is 2.28. The number of hydrogen-bond donors (Lipinski definition) is 2. The van der Waals surface area contributed by atoms with Gasteiger partial charge in [-0.05, 0) is 30.5 Å². The summed E-state index contributed by atoms with van der Waals surface area (Å²) < 4.78 is 0. The Morgan fingerprint density at radius 2 is 1.90 bits per heavy atom. The normalized spacial score (nSPS) is 16.1. The molecule has 0 saturated carbocycles. The lowest BCUT2D eigenvalue weighted by atomic mass is 9.88. The van der Waals surface area contributed by atoms with E-state index in [2.05, 4.69) is 22.8 Å². The second kappa shape index (κ2) is 6.25. The minimum Gasteiger partial charge on any atom is -0.325 e. The monoisotopic (exact) mass is 290 g/mol. The van der Waals surface area contributed by atoms with E-state index in [0.29, 0.717) is 5.92 Å². The second-order valence-electron chi connectivity index (χ2n) is 5.22. The lowest BCUT2D eigenvalue weighted by Gasteiger charge is -2.31. The fourth-order valence-corrected chi connectivity index (χ4v) is 2.46. The zero-order valence-corrected chi connectivity index (χ0v) is 12.2. The number of benzene rings is 2. The number of hydrogen-bond acceptors (Lipinski definition) is 2. The Bertz CT molecular complexity index is 605. The zero-order chi connectivity index (χ0) is 13.2. The smallest absolute Gasteiger partial charge is 0.227 e. The average molecular weight is 291 g/mol. The van der Waals surface area contributed by atoms with Crippen molar-refractivity contribution in [3.8, 4) is 0 Å². The van der Waals surface area contributed by atoms with E-state index in [1.807, 2.05) is 37.3 Å². The van der Waals surface area contributed by atoms with Gasteiger partial charge in [-0.2, -0.15) is 0 Å². The SMILES string of the molecule is CC(C(=O)Nc1cccc2ccccc12)C1CNC1.Cl. The van der Waals surface area contributed by atoms with Crippen LogP contribution >= 0.6 is 12.4 Å². The molecule has 0 aromatic heterocycles. The van der Waals surface area contributed by atoms with Crippen LogP contribution < -0.4 is 10.6 Å². The summed E-state index contributed by atoms with van der Waals surface area (Å²) in [5.74, 6) is 0.637. The van der Waals surface area contributed by atoms with Gasteiger partial charge in [-0.1, -0.05) is 43.3 Å². The second-order valence-corrected chi connectivity index (χ2v) is 5.22. The summed E-state index contributed by atoms with van der Waals surface area (Å²) in [5, 5.41) is 8.52. The van der Waals surface area contributed by atoms with Gasteiger partial charge in [0.1, 0.15) is 0 Å². The molecule has 1 amide bonds. The quantitative estimate of drug-likeness (QED) is 0.912. The minimum absolute atomic E-state index is 0. The van der Waals surface area contributed by atoms with Gasteiger partial charge in [0.15, 0.2) is 0 Å². The zero-order valence-electron chi connectivity index (χ0n) is 11.4. The van der Waals surface area contributed by atoms with Crippen molar-refractivity contribution in [2.75, 3.05) is 18.4 Å². The van der Waals surface area contributed by atoms with Crippen molar-refractivity contribution >= 4 is 34.8 Å². The molecule has 2 aromatic rings. The van der Waals surface area contributed by atoms with Gasteiger partial charge in [0.2, 0.25) is 5.91 Å². The standard InChI is InChI=1S/C16H18N2O.ClH/c1-11(13-9-17-10-13)16(19)18-15-8-4-6-12-5-2-3-7-14(12)15;/h2-8,11,13,17H,9-10H2,1H3,(H,18,19);1H.